The Kier molecular flexibility index (Phi) is 9.38. The number of nitrogens with zero attached hydrogens (tertiary/aromatic N) is 4. The van der Waals surface area contributed by atoms with E-state index in [9.17, 15) is 4.79 Å². The molecule has 2 aromatic carbocycles. The zero-order valence-corrected chi connectivity index (χ0v) is 20.5. The highest BCUT2D eigenvalue weighted by Gasteiger charge is 2.17. The van der Waals surface area contributed by atoms with Crippen LogP contribution in [0.25, 0.3) is 0 Å². The lowest BCUT2D eigenvalue weighted by atomic mass is 10.2. The van der Waals surface area contributed by atoms with Crippen LogP contribution < -0.4 is 0 Å². The smallest absolute Gasteiger partial charge is 0.410 e. The molecule has 35 heavy (non-hydrogen) atoms. The Hall–Kier alpha value is -3.55. The predicted molar refractivity (Wildman–Crippen MR) is 139 cm³/mol. The van der Waals surface area contributed by atoms with E-state index >= 15 is 0 Å². The van der Waals surface area contributed by atoms with Crippen molar-refractivity contribution < 1.29 is 9.53 Å². The average molecular weight is 487 g/mol. The standard InChI is InChI=1S/C28H30N4O2S/c33-28(34-22-26-10-5-2-6-11-26)32(21-27-18-30-23-35-27)17-7-16-31(19-24-8-3-1-4-9-24)20-25-12-14-29-15-13-25/h1-6,8-15,18,23H,7,16-17,19-22H2. The van der Waals surface area contributed by atoms with E-state index in [1.807, 2.05) is 55.0 Å². The summed E-state index contributed by atoms with van der Waals surface area (Å²) >= 11 is 1.55. The first-order chi connectivity index (χ1) is 17.3. The summed E-state index contributed by atoms with van der Waals surface area (Å²) in [6.45, 7) is 3.89. The third-order valence-electron chi connectivity index (χ3n) is 5.60. The van der Waals surface area contributed by atoms with Gasteiger partial charge in [0.05, 0.1) is 12.1 Å². The van der Waals surface area contributed by atoms with Crippen LogP contribution in [-0.4, -0.2) is 39.0 Å². The van der Waals surface area contributed by atoms with Crippen molar-refractivity contribution in [1.82, 2.24) is 19.8 Å². The largest absolute Gasteiger partial charge is 0.445 e. The van der Waals surface area contributed by atoms with Crippen LogP contribution in [0, 0.1) is 0 Å². The van der Waals surface area contributed by atoms with E-state index in [4.69, 9.17) is 4.74 Å². The van der Waals surface area contributed by atoms with Crippen LogP contribution in [0.2, 0.25) is 0 Å². The van der Waals surface area contributed by atoms with Crippen LogP contribution in [0.15, 0.2) is 96.9 Å². The molecule has 0 unspecified atom stereocenters. The van der Waals surface area contributed by atoms with Crippen molar-refractivity contribution in [3.8, 4) is 0 Å². The molecule has 0 spiro atoms. The monoisotopic (exact) mass is 486 g/mol. The average Bonchev–Trinajstić information content (AvgIpc) is 3.42. The number of hydrogen-bond donors (Lipinski definition) is 0. The number of aromatic nitrogens is 2. The van der Waals surface area contributed by atoms with Gasteiger partial charge in [0, 0.05) is 49.6 Å². The molecule has 0 bridgehead atoms. The Morgan fingerprint density at radius 3 is 2.09 bits per heavy atom. The SMILES string of the molecule is O=C(OCc1ccccc1)N(CCCN(Cc1ccccc1)Cc1ccncc1)Cc1cncs1. The van der Waals surface area contributed by atoms with Crippen molar-refractivity contribution in [1.29, 1.82) is 0 Å². The molecule has 0 aliphatic rings. The molecule has 6 nitrogen and oxygen atoms in total. The molecule has 0 radical (unpaired) electrons. The van der Waals surface area contributed by atoms with Gasteiger partial charge in [-0.05, 0) is 35.2 Å². The summed E-state index contributed by atoms with van der Waals surface area (Å²) < 4.78 is 5.64. The molecule has 0 fully saturated rings. The number of amides is 1. The van der Waals surface area contributed by atoms with Gasteiger partial charge in [-0.25, -0.2) is 4.79 Å². The highest BCUT2D eigenvalue weighted by atomic mass is 32.1. The summed E-state index contributed by atoms with van der Waals surface area (Å²) in [6, 6.07) is 24.3. The first kappa shape index (κ1) is 24.6. The van der Waals surface area contributed by atoms with Gasteiger partial charge in [0.1, 0.15) is 6.61 Å². The van der Waals surface area contributed by atoms with Crippen LogP contribution in [0.3, 0.4) is 0 Å². The van der Waals surface area contributed by atoms with Crippen molar-refractivity contribution in [2.75, 3.05) is 13.1 Å². The fourth-order valence-corrected chi connectivity index (χ4v) is 4.45. The number of carbonyl (C=O) groups excluding carboxylic acids is 1. The molecule has 0 saturated heterocycles. The van der Waals surface area contributed by atoms with E-state index in [2.05, 4.69) is 51.3 Å². The molecular formula is C28H30N4O2S. The highest BCUT2D eigenvalue weighted by molar-refractivity contribution is 7.09. The number of carbonyl (C=O) groups is 1. The van der Waals surface area contributed by atoms with Gasteiger partial charge in [-0.2, -0.15) is 0 Å². The van der Waals surface area contributed by atoms with E-state index in [-0.39, 0.29) is 12.7 Å². The fraction of sp³-hybridized carbons (Fsp3) is 0.250. The maximum Gasteiger partial charge on any atom is 0.410 e. The predicted octanol–water partition coefficient (Wildman–Crippen LogP) is 5.77. The maximum absolute atomic E-state index is 13.0. The van der Waals surface area contributed by atoms with Gasteiger partial charge in [0.2, 0.25) is 0 Å². The lowest BCUT2D eigenvalue weighted by Crippen LogP contribution is -2.34. The van der Waals surface area contributed by atoms with Gasteiger partial charge in [-0.3, -0.25) is 14.9 Å². The number of hydrogen-bond acceptors (Lipinski definition) is 6. The molecule has 4 aromatic rings. The Bertz CT molecular complexity index is 1080. The summed E-state index contributed by atoms with van der Waals surface area (Å²) in [6.07, 6.45) is 6.00. The fourth-order valence-electron chi connectivity index (χ4n) is 3.84. The third kappa shape index (κ3) is 8.31. The summed E-state index contributed by atoms with van der Waals surface area (Å²) in [5.41, 5.74) is 5.26. The minimum absolute atomic E-state index is 0.265. The number of ether oxygens (including phenoxy) is 1. The first-order valence-corrected chi connectivity index (χ1v) is 12.6. The van der Waals surface area contributed by atoms with Crippen molar-refractivity contribution in [2.24, 2.45) is 0 Å². The zero-order valence-electron chi connectivity index (χ0n) is 19.7. The molecule has 2 aromatic heterocycles. The van der Waals surface area contributed by atoms with Gasteiger partial charge in [-0.15, -0.1) is 11.3 Å². The Balaban J connectivity index is 1.37. The molecule has 0 N–H and O–H groups in total. The first-order valence-electron chi connectivity index (χ1n) is 11.7. The minimum atomic E-state index is -0.300. The van der Waals surface area contributed by atoms with Gasteiger partial charge < -0.3 is 9.64 Å². The topological polar surface area (TPSA) is 58.6 Å². The number of pyridine rings is 1. The summed E-state index contributed by atoms with van der Waals surface area (Å²) in [7, 11) is 0. The second-order valence-corrected chi connectivity index (χ2v) is 9.31. The summed E-state index contributed by atoms with van der Waals surface area (Å²) in [5, 5.41) is 0. The second kappa shape index (κ2) is 13.4. The van der Waals surface area contributed by atoms with Gasteiger partial charge in [0.25, 0.3) is 0 Å². The van der Waals surface area contributed by atoms with Crippen LogP contribution in [0.4, 0.5) is 4.79 Å². The Morgan fingerprint density at radius 2 is 1.43 bits per heavy atom. The molecule has 2 heterocycles. The van der Waals surface area contributed by atoms with Crippen LogP contribution in [0.1, 0.15) is 28.0 Å². The van der Waals surface area contributed by atoms with E-state index in [0.29, 0.717) is 13.1 Å². The van der Waals surface area contributed by atoms with Gasteiger partial charge in [-0.1, -0.05) is 60.7 Å². The van der Waals surface area contributed by atoms with Crippen molar-refractivity contribution >= 4 is 17.4 Å². The van der Waals surface area contributed by atoms with Crippen LogP contribution >= 0.6 is 11.3 Å². The molecule has 4 rings (SSSR count). The number of thiazole rings is 1. The van der Waals surface area contributed by atoms with Crippen LogP contribution in [0.5, 0.6) is 0 Å². The molecule has 0 aliphatic carbocycles. The summed E-state index contributed by atoms with van der Waals surface area (Å²) in [4.78, 5) is 26.5. The van der Waals surface area contributed by atoms with E-state index < -0.39 is 0 Å². The van der Waals surface area contributed by atoms with E-state index in [1.165, 1.54) is 11.1 Å². The molecule has 0 atom stereocenters. The Labute approximate surface area is 210 Å². The minimum Gasteiger partial charge on any atom is -0.445 e. The second-order valence-electron chi connectivity index (χ2n) is 8.33. The quantitative estimate of drug-likeness (QED) is 0.254. The normalized spacial score (nSPS) is 10.9. The lowest BCUT2D eigenvalue weighted by Gasteiger charge is -2.26. The molecule has 7 heteroatoms. The van der Waals surface area contributed by atoms with Crippen LogP contribution in [-0.2, 0) is 31.0 Å². The Morgan fingerprint density at radius 1 is 0.771 bits per heavy atom. The van der Waals surface area contributed by atoms with Crippen molar-refractivity contribution in [2.45, 2.75) is 32.7 Å². The van der Waals surface area contributed by atoms with Gasteiger partial charge in [0.15, 0.2) is 0 Å². The summed E-state index contributed by atoms with van der Waals surface area (Å²) in [5.74, 6) is 0. The molecule has 1 amide bonds. The maximum atomic E-state index is 13.0. The zero-order chi connectivity index (χ0) is 24.1. The number of rotatable bonds is 12. The van der Waals surface area contributed by atoms with Crippen molar-refractivity contribution in [3.05, 3.63) is 118 Å². The van der Waals surface area contributed by atoms with Crippen molar-refractivity contribution in [3.63, 3.8) is 0 Å². The third-order valence-corrected chi connectivity index (χ3v) is 6.36. The van der Waals surface area contributed by atoms with E-state index in [1.54, 1.807) is 21.7 Å². The molecule has 0 saturated carbocycles. The molecule has 0 aliphatic heterocycles. The molecule has 180 valence electrons. The molecular weight excluding hydrogens is 456 g/mol. The van der Waals surface area contributed by atoms with Gasteiger partial charge >= 0.3 is 6.09 Å². The highest BCUT2D eigenvalue weighted by Crippen LogP contribution is 2.14. The van der Waals surface area contributed by atoms with E-state index in [0.717, 1.165) is 36.5 Å². The number of benzene rings is 2. The lowest BCUT2D eigenvalue weighted by molar-refractivity contribution is 0.0916.